The Morgan fingerprint density at radius 3 is 2.32 bits per heavy atom. The van der Waals surface area contributed by atoms with Gasteiger partial charge in [-0.1, -0.05) is 26.0 Å². The molecule has 0 saturated carbocycles. The van der Waals surface area contributed by atoms with E-state index in [1.165, 1.54) is 5.56 Å². The van der Waals surface area contributed by atoms with Crippen LogP contribution in [-0.2, 0) is 10.2 Å². The first-order valence-electron chi connectivity index (χ1n) is 6.93. The molecule has 1 heterocycles. The quantitative estimate of drug-likeness (QED) is 0.904. The molecule has 1 aromatic carbocycles. The summed E-state index contributed by atoms with van der Waals surface area (Å²) in [6, 6.07) is 8.14. The van der Waals surface area contributed by atoms with Crippen LogP contribution in [0.4, 0.5) is 0 Å². The first-order chi connectivity index (χ1) is 8.89. The SMILES string of the molecule is CCCOc1ccc(C2(C)CC(=O)NC2(C)C)cc1. The van der Waals surface area contributed by atoms with Gasteiger partial charge < -0.3 is 10.1 Å². The van der Waals surface area contributed by atoms with Gasteiger partial charge in [0.25, 0.3) is 0 Å². The highest BCUT2D eigenvalue weighted by Gasteiger charge is 2.50. The summed E-state index contributed by atoms with van der Waals surface area (Å²) in [5, 5.41) is 3.06. The molecular weight excluding hydrogens is 238 g/mol. The van der Waals surface area contributed by atoms with Crippen LogP contribution in [-0.4, -0.2) is 18.1 Å². The lowest BCUT2D eigenvalue weighted by molar-refractivity contribution is -0.119. The van der Waals surface area contributed by atoms with Crippen molar-refractivity contribution in [1.82, 2.24) is 5.32 Å². The zero-order valence-electron chi connectivity index (χ0n) is 12.2. The average Bonchev–Trinajstić information content (AvgIpc) is 2.56. The van der Waals surface area contributed by atoms with Crippen molar-refractivity contribution in [2.75, 3.05) is 6.61 Å². The molecule has 1 aliphatic rings. The molecule has 1 N–H and O–H groups in total. The van der Waals surface area contributed by atoms with Gasteiger partial charge in [0.15, 0.2) is 0 Å². The summed E-state index contributed by atoms with van der Waals surface area (Å²) < 4.78 is 5.60. The van der Waals surface area contributed by atoms with E-state index >= 15 is 0 Å². The Bertz CT molecular complexity index is 464. The second kappa shape index (κ2) is 4.87. The summed E-state index contributed by atoms with van der Waals surface area (Å²) in [6.07, 6.45) is 1.54. The van der Waals surface area contributed by atoms with Crippen molar-refractivity contribution in [2.24, 2.45) is 0 Å². The summed E-state index contributed by atoms with van der Waals surface area (Å²) in [5.74, 6) is 1.02. The molecule has 0 aliphatic carbocycles. The van der Waals surface area contributed by atoms with Gasteiger partial charge in [-0.2, -0.15) is 0 Å². The van der Waals surface area contributed by atoms with E-state index in [1.54, 1.807) is 0 Å². The zero-order chi connectivity index (χ0) is 14.1. The van der Waals surface area contributed by atoms with E-state index in [1.807, 2.05) is 12.1 Å². The molecule has 1 atom stereocenters. The van der Waals surface area contributed by atoms with E-state index in [0.29, 0.717) is 6.42 Å². The molecule has 0 radical (unpaired) electrons. The van der Waals surface area contributed by atoms with Gasteiger partial charge in [-0.3, -0.25) is 4.79 Å². The maximum Gasteiger partial charge on any atom is 0.221 e. The van der Waals surface area contributed by atoms with Gasteiger partial charge in [-0.25, -0.2) is 0 Å². The minimum atomic E-state index is -0.226. The van der Waals surface area contributed by atoms with E-state index in [4.69, 9.17) is 4.74 Å². The highest BCUT2D eigenvalue weighted by atomic mass is 16.5. The van der Waals surface area contributed by atoms with Gasteiger partial charge in [0.1, 0.15) is 5.75 Å². The fourth-order valence-electron chi connectivity index (χ4n) is 2.67. The molecule has 1 fully saturated rings. The molecule has 1 aromatic rings. The molecule has 1 amide bonds. The van der Waals surface area contributed by atoms with Gasteiger partial charge in [0, 0.05) is 17.4 Å². The van der Waals surface area contributed by atoms with Crippen molar-refractivity contribution >= 4 is 5.91 Å². The Balaban J connectivity index is 2.24. The summed E-state index contributed by atoms with van der Waals surface area (Å²) in [5.41, 5.74) is 0.781. The molecule has 0 spiro atoms. The van der Waals surface area contributed by atoms with E-state index in [2.05, 4.69) is 45.1 Å². The molecule has 3 nitrogen and oxygen atoms in total. The minimum Gasteiger partial charge on any atom is -0.494 e. The maximum atomic E-state index is 11.7. The van der Waals surface area contributed by atoms with Crippen LogP contribution in [0, 0.1) is 0 Å². The first kappa shape index (κ1) is 13.9. The molecule has 19 heavy (non-hydrogen) atoms. The van der Waals surface area contributed by atoms with Crippen LogP contribution >= 0.6 is 0 Å². The molecular formula is C16H23NO2. The Labute approximate surface area is 115 Å². The van der Waals surface area contributed by atoms with Crippen molar-refractivity contribution < 1.29 is 9.53 Å². The number of hydrogen-bond donors (Lipinski definition) is 1. The third kappa shape index (κ3) is 2.46. The van der Waals surface area contributed by atoms with Crippen molar-refractivity contribution in [3.05, 3.63) is 29.8 Å². The van der Waals surface area contributed by atoms with Crippen LogP contribution in [0.15, 0.2) is 24.3 Å². The largest absolute Gasteiger partial charge is 0.494 e. The molecule has 0 aromatic heterocycles. The topological polar surface area (TPSA) is 38.3 Å². The molecule has 1 saturated heterocycles. The van der Waals surface area contributed by atoms with E-state index in [9.17, 15) is 4.79 Å². The predicted octanol–water partition coefficient (Wildman–Crippen LogP) is 3.03. The van der Waals surface area contributed by atoms with Gasteiger partial charge in [-0.05, 0) is 38.0 Å². The lowest BCUT2D eigenvalue weighted by atomic mass is 9.69. The Morgan fingerprint density at radius 2 is 1.84 bits per heavy atom. The molecule has 1 unspecified atom stereocenters. The van der Waals surface area contributed by atoms with Crippen LogP contribution in [0.2, 0.25) is 0 Å². The van der Waals surface area contributed by atoms with Crippen molar-refractivity contribution in [2.45, 2.75) is 51.5 Å². The summed E-state index contributed by atoms with van der Waals surface area (Å²) >= 11 is 0. The third-order valence-electron chi connectivity index (χ3n) is 4.31. The molecule has 1 aliphatic heterocycles. The highest BCUT2D eigenvalue weighted by Crippen LogP contribution is 2.42. The van der Waals surface area contributed by atoms with Crippen LogP contribution in [0.3, 0.4) is 0 Å². The molecule has 3 heteroatoms. The van der Waals surface area contributed by atoms with Gasteiger partial charge >= 0.3 is 0 Å². The minimum absolute atomic E-state index is 0.124. The second-order valence-corrected chi connectivity index (χ2v) is 6.05. The highest BCUT2D eigenvalue weighted by molar-refractivity contribution is 5.82. The lowest BCUT2D eigenvalue weighted by Crippen LogP contribution is -2.48. The van der Waals surface area contributed by atoms with Gasteiger partial charge in [-0.15, -0.1) is 0 Å². The van der Waals surface area contributed by atoms with Crippen molar-refractivity contribution in [3.63, 3.8) is 0 Å². The number of carbonyl (C=O) groups excluding carboxylic acids is 1. The Kier molecular flexibility index (Phi) is 3.57. The molecule has 2 rings (SSSR count). The maximum absolute atomic E-state index is 11.7. The number of hydrogen-bond acceptors (Lipinski definition) is 2. The van der Waals surface area contributed by atoms with E-state index < -0.39 is 0 Å². The molecule has 104 valence electrons. The number of rotatable bonds is 4. The van der Waals surface area contributed by atoms with Crippen LogP contribution in [0.5, 0.6) is 5.75 Å². The lowest BCUT2D eigenvalue weighted by Gasteiger charge is -2.37. The number of carbonyl (C=O) groups is 1. The summed E-state index contributed by atoms with van der Waals surface area (Å²) in [6.45, 7) is 9.14. The number of amides is 1. The fourth-order valence-corrected chi connectivity index (χ4v) is 2.67. The van der Waals surface area contributed by atoms with Crippen molar-refractivity contribution in [3.8, 4) is 5.75 Å². The van der Waals surface area contributed by atoms with E-state index in [0.717, 1.165) is 18.8 Å². The summed E-state index contributed by atoms with van der Waals surface area (Å²) in [4.78, 5) is 11.7. The van der Waals surface area contributed by atoms with Crippen LogP contribution in [0.25, 0.3) is 0 Å². The Hall–Kier alpha value is -1.51. The normalized spacial score (nSPS) is 25.2. The average molecular weight is 261 g/mol. The zero-order valence-corrected chi connectivity index (χ0v) is 12.2. The van der Waals surface area contributed by atoms with E-state index in [-0.39, 0.29) is 16.9 Å². The number of benzene rings is 1. The van der Waals surface area contributed by atoms with Crippen LogP contribution in [0.1, 0.15) is 46.1 Å². The smallest absolute Gasteiger partial charge is 0.221 e. The molecule has 0 bridgehead atoms. The standard InChI is InChI=1S/C16H23NO2/c1-5-10-19-13-8-6-12(7-9-13)16(4)11-14(18)17-15(16,2)3/h6-9H,5,10-11H2,1-4H3,(H,17,18). The monoisotopic (exact) mass is 261 g/mol. The fraction of sp³-hybridized carbons (Fsp3) is 0.562. The number of ether oxygens (including phenoxy) is 1. The summed E-state index contributed by atoms with van der Waals surface area (Å²) in [7, 11) is 0. The third-order valence-corrected chi connectivity index (χ3v) is 4.31. The van der Waals surface area contributed by atoms with Crippen LogP contribution < -0.4 is 10.1 Å². The number of nitrogens with one attached hydrogen (secondary N) is 1. The second-order valence-electron chi connectivity index (χ2n) is 6.05. The predicted molar refractivity (Wildman–Crippen MR) is 76.4 cm³/mol. The Morgan fingerprint density at radius 1 is 1.21 bits per heavy atom. The first-order valence-corrected chi connectivity index (χ1v) is 6.93. The van der Waals surface area contributed by atoms with Gasteiger partial charge in [0.05, 0.1) is 6.61 Å². The van der Waals surface area contributed by atoms with Crippen molar-refractivity contribution in [1.29, 1.82) is 0 Å². The van der Waals surface area contributed by atoms with Gasteiger partial charge in [0.2, 0.25) is 5.91 Å².